The summed E-state index contributed by atoms with van der Waals surface area (Å²) in [4.78, 5) is 12.9. The molecule has 0 amide bonds. The van der Waals surface area contributed by atoms with Gasteiger partial charge in [-0.15, -0.1) is 0 Å². The van der Waals surface area contributed by atoms with Crippen LogP contribution in [-0.2, 0) is 0 Å². The second-order valence-electron chi connectivity index (χ2n) is 4.03. The van der Waals surface area contributed by atoms with Gasteiger partial charge in [0.2, 0.25) is 0 Å². The molecule has 1 saturated heterocycles. The minimum absolute atomic E-state index is 0.122. The van der Waals surface area contributed by atoms with Crippen molar-refractivity contribution in [1.29, 1.82) is 0 Å². The summed E-state index contributed by atoms with van der Waals surface area (Å²) in [6.45, 7) is 1.01. The number of benzene rings is 1. The van der Waals surface area contributed by atoms with Gasteiger partial charge < -0.3 is 15.1 Å². The van der Waals surface area contributed by atoms with Gasteiger partial charge in [0.15, 0.2) is 0 Å². The van der Waals surface area contributed by atoms with E-state index in [2.05, 4.69) is 4.90 Å². The monoisotopic (exact) mass is 221 g/mol. The number of anilines is 1. The Kier molecular flexibility index (Phi) is 3.10. The highest BCUT2D eigenvalue weighted by Crippen LogP contribution is 2.25. The Morgan fingerprint density at radius 1 is 1.50 bits per heavy atom. The molecule has 0 spiro atoms. The van der Waals surface area contributed by atoms with Crippen molar-refractivity contribution >= 4 is 11.7 Å². The lowest BCUT2D eigenvalue weighted by Crippen LogP contribution is -2.32. The molecule has 0 bridgehead atoms. The number of aliphatic hydroxyl groups is 1. The fraction of sp³-hybridized carbons (Fsp3) is 0.417. The Balaban J connectivity index is 2.26. The van der Waals surface area contributed by atoms with E-state index in [4.69, 9.17) is 5.11 Å². The van der Waals surface area contributed by atoms with Crippen molar-refractivity contribution in [2.75, 3.05) is 18.1 Å². The molecule has 2 N–H and O–H groups in total. The van der Waals surface area contributed by atoms with Crippen molar-refractivity contribution in [2.24, 2.45) is 0 Å². The summed E-state index contributed by atoms with van der Waals surface area (Å²) in [7, 11) is 0. The molecule has 0 aliphatic carbocycles. The molecule has 16 heavy (non-hydrogen) atoms. The van der Waals surface area contributed by atoms with E-state index in [1.165, 1.54) is 0 Å². The second kappa shape index (κ2) is 4.53. The van der Waals surface area contributed by atoms with Crippen molar-refractivity contribution in [2.45, 2.75) is 18.9 Å². The molecule has 1 aliphatic heterocycles. The number of nitrogens with zero attached hydrogens (tertiary/aromatic N) is 1. The molecule has 0 saturated carbocycles. The molecule has 0 aromatic heterocycles. The van der Waals surface area contributed by atoms with Gasteiger partial charge in [-0.05, 0) is 31.0 Å². The number of aliphatic hydroxyl groups excluding tert-OH is 1. The average molecular weight is 221 g/mol. The van der Waals surface area contributed by atoms with Gasteiger partial charge in [-0.1, -0.05) is 6.07 Å². The summed E-state index contributed by atoms with van der Waals surface area (Å²) in [5, 5.41) is 18.1. The first kappa shape index (κ1) is 11.0. The van der Waals surface area contributed by atoms with E-state index >= 15 is 0 Å². The third kappa shape index (κ3) is 2.02. The van der Waals surface area contributed by atoms with E-state index in [1.54, 1.807) is 18.2 Å². The number of aromatic carboxylic acids is 1. The van der Waals surface area contributed by atoms with E-state index < -0.39 is 5.97 Å². The number of hydrogen-bond donors (Lipinski definition) is 2. The Labute approximate surface area is 94.1 Å². The van der Waals surface area contributed by atoms with Gasteiger partial charge in [-0.2, -0.15) is 0 Å². The quantitative estimate of drug-likeness (QED) is 0.808. The Hall–Kier alpha value is -1.55. The van der Waals surface area contributed by atoms with E-state index in [0.29, 0.717) is 5.56 Å². The molecule has 86 valence electrons. The maximum atomic E-state index is 10.9. The molecular weight excluding hydrogens is 206 g/mol. The zero-order chi connectivity index (χ0) is 11.5. The Morgan fingerprint density at radius 3 is 3.00 bits per heavy atom. The van der Waals surface area contributed by atoms with Gasteiger partial charge in [-0.3, -0.25) is 0 Å². The van der Waals surface area contributed by atoms with Gasteiger partial charge in [0.1, 0.15) is 0 Å². The highest BCUT2D eigenvalue weighted by molar-refractivity contribution is 5.88. The first-order chi connectivity index (χ1) is 7.72. The lowest BCUT2D eigenvalue weighted by molar-refractivity contribution is 0.0697. The van der Waals surface area contributed by atoms with Crippen LogP contribution in [0.1, 0.15) is 23.2 Å². The van der Waals surface area contributed by atoms with E-state index in [-0.39, 0.29) is 12.6 Å². The van der Waals surface area contributed by atoms with Crippen molar-refractivity contribution < 1.29 is 15.0 Å². The van der Waals surface area contributed by atoms with Crippen LogP contribution in [0, 0.1) is 0 Å². The van der Waals surface area contributed by atoms with Crippen LogP contribution in [0.4, 0.5) is 5.69 Å². The molecule has 1 aromatic rings. The predicted octanol–water partition coefficient (Wildman–Crippen LogP) is 1.35. The first-order valence-electron chi connectivity index (χ1n) is 5.43. The second-order valence-corrected chi connectivity index (χ2v) is 4.03. The third-order valence-electron chi connectivity index (χ3n) is 3.01. The predicted molar refractivity (Wildman–Crippen MR) is 60.9 cm³/mol. The van der Waals surface area contributed by atoms with E-state index in [0.717, 1.165) is 25.1 Å². The normalized spacial score (nSPS) is 20.1. The first-order valence-corrected chi connectivity index (χ1v) is 5.43. The summed E-state index contributed by atoms with van der Waals surface area (Å²) in [5.41, 5.74) is 1.18. The lowest BCUT2D eigenvalue weighted by Gasteiger charge is -2.25. The van der Waals surface area contributed by atoms with Crippen LogP contribution < -0.4 is 4.90 Å². The van der Waals surface area contributed by atoms with Gasteiger partial charge >= 0.3 is 5.97 Å². The molecule has 1 aliphatic rings. The van der Waals surface area contributed by atoms with Crippen molar-refractivity contribution in [3.63, 3.8) is 0 Å². The smallest absolute Gasteiger partial charge is 0.335 e. The third-order valence-corrected chi connectivity index (χ3v) is 3.01. The molecule has 1 heterocycles. The summed E-state index contributed by atoms with van der Waals surface area (Å²) in [5.74, 6) is -0.915. The zero-order valence-electron chi connectivity index (χ0n) is 8.97. The van der Waals surface area contributed by atoms with Gasteiger partial charge in [0.25, 0.3) is 0 Å². The fourth-order valence-electron chi connectivity index (χ4n) is 2.18. The number of carboxylic acids is 1. The number of hydrogen-bond acceptors (Lipinski definition) is 3. The Bertz CT molecular complexity index is 392. The molecule has 1 aromatic carbocycles. The zero-order valence-corrected chi connectivity index (χ0v) is 8.97. The molecular formula is C12H15NO3. The summed E-state index contributed by atoms with van der Waals surface area (Å²) in [6, 6.07) is 7.00. The van der Waals surface area contributed by atoms with Gasteiger partial charge in [-0.25, -0.2) is 4.79 Å². The summed E-state index contributed by atoms with van der Waals surface area (Å²) < 4.78 is 0. The summed E-state index contributed by atoms with van der Waals surface area (Å²) in [6.07, 6.45) is 2.01. The number of carboxylic acid groups (broad SMARTS) is 1. The maximum absolute atomic E-state index is 10.9. The minimum atomic E-state index is -0.915. The molecule has 0 radical (unpaired) electrons. The van der Waals surface area contributed by atoms with Crippen LogP contribution in [-0.4, -0.2) is 35.4 Å². The van der Waals surface area contributed by atoms with Gasteiger partial charge in [0.05, 0.1) is 18.2 Å². The molecule has 1 fully saturated rings. The maximum Gasteiger partial charge on any atom is 0.335 e. The lowest BCUT2D eigenvalue weighted by atomic mass is 10.1. The fourth-order valence-corrected chi connectivity index (χ4v) is 2.18. The highest BCUT2D eigenvalue weighted by Gasteiger charge is 2.24. The van der Waals surface area contributed by atoms with Gasteiger partial charge in [0, 0.05) is 12.2 Å². The van der Waals surface area contributed by atoms with Crippen molar-refractivity contribution in [1.82, 2.24) is 0 Å². The highest BCUT2D eigenvalue weighted by atomic mass is 16.4. The van der Waals surface area contributed by atoms with Crippen molar-refractivity contribution in [3.05, 3.63) is 29.8 Å². The standard InChI is InChI=1S/C12H15NO3/c14-8-11-5-2-6-13(11)10-4-1-3-9(7-10)12(15)16/h1,3-4,7,11,14H,2,5-6,8H2,(H,15,16). The molecule has 4 nitrogen and oxygen atoms in total. The van der Waals surface area contributed by atoms with Crippen LogP contribution in [0.25, 0.3) is 0 Å². The van der Waals surface area contributed by atoms with E-state index in [9.17, 15) is 9.90 Å². The number of carbonyl (C=O) groups is 1. The van der Waals surface area contributed by atoms with Crippen LogP contribution in [0.2, 0.25) is 0 Å². The van der Waals surface area contributed by atoms with Crippen LogP contribution in [0.3, 0.4) is 0 Å². The Morgan fingerprint density at radius 2 is 2.31 bits per heavy atom. The van der Waals surface area contributed by atoms with Crippen LogP contribution >= 0.6 is 0 Å². The molecule has 1 unspecified atom stereocenters. The summed E-state index contributed by atoms with van der Waals surface area (Å²) >= 11 is 0. The molecule has 1 atom stereocenters. The van der Waals surface area contributed by atoms with Crippen molar-refractivity contribution in [3.8, 4) is 0 Å². The van der Waals surface area contributed by atoms with Crippen LogP contribution in [0.15, 0.2) is 24.3 Å². The number of rotatable bonds is 3. The molecule has 4 heteroatoms. The average Bonchev–Trinajstić information content (AvgIpc) is 2.77. The van der Waals surface area contributed by atoms with E-state index in [1.807, 2.05) is 6.07 Å². The van der Waals surface area contributed by atoms with Crippen LogP contribution in [0.5, 0.6) is 0 Å². The largest absolute Gasteiger partial charge is 0.478 e. The minimum Gasteiger partial charge on any atom is -0.478 e. The SMILES string of the molecule is O=C(O)c1cccc(N2CCCC2CO)c1. The topological polar surface area (TPSA) is 60.8 Å². The molecule has 2 rings (SSSR count).